The molecule has 0 fully saturated rings. The van der Waals surface area contributed by atoms with Gasteiger partial charge in [0.1, 0.15) is 11.4 Å². The third-order valence-corrected chi connectivity index (χ3v) is 2.83. The van der Waals surface area contributed by atoms with Crippen molar-refractivity contribution in [2.24, 2.45) is 0 Å². The van der Waals surface area contributed by atoms with Crippen molar-refractivity contribution in [1.29, 1.82) is 0 Å². The fraction of sp³-hybridized carbons (Fsp3) is 0.267. The van der Waals surface area contributed by atoms with Crippen molar-refractivity contribution in [1.82, 2.24) is 15.3 Å². The number of carbonyl (C=O) groups is 1. The molecule has 5 nitrogen and oxygen atoms in total. The molecular weight excluding hydrogens is 254 g/mol. The van der Waals surface area contributed by atoms with Gasteiger partial charge in [-0.15, -0.1) is 0 Å². The third kappa shape index (κ3) is 3.54. The molecule has 1 aromatic heterocycles. The summed E-state index contributed by atoms with van der Waals surface area (Å²) >= 11 is 0. The minimum Gasteiger partial charge on any atom is -0.494 e. The molecule has 0 aliphatic carbocycles. The van der Waals surface area contributed by atoms with Crippen molar-refractivity contribution in [2.45, 2.75) is 19.9 Å². The molecule has 20 heavy (non-hydrogen) atoms. The first kappa shape index (κ1) is 14.0. The summed E-state index contributed by atoms with van der Waals surface area (Å²) in [5, 5.41) is 2.88. The molecule has 1 N–H and O–H groups in total. The number of ether oxygens (including phenoxy) is 1. The molecule has 0 aliphatic rings. The van der Waals surface area contributed by atoms with Crippen molar-refractivity contribution >= 4 is 5.91 Å². The summed E-state index contributed by atoms with van der Waals surface area (Å²) in [6.07, 6.45) is 4.48. The summed E-state index contributed by atoms with van der Waals surface area (Å²) in [5.74, 6) is 0.586. The maximum Gasteiger partial charge on any atom is 0.271 e. The zero-order chi connectivity index (χ0) is 14.4. The lowest BCUT2D eigenvalue weighted by Gasteiger charge is -2.14. The molecule has 0 saturated carbocycles. The van der Waals surface area contributed by atoms with Crippen LogP contribution in [0.5, 0.6) is 5.75 Å². The summed E-state index contributed by atoms with van der Waals surface area (Å²) in [6, 6.07) is 7.55. The van der Waals surface area contributed by atoms with Crippen molar-refractivity contribution in [3.05, 3.63) is 54.1 Å². The van der Waals surface area contributed by atoms with Gasteiger partial charge < -0.3 is 10.1 Å². The molecule has 0 unspecified atom stereocenters. The molecule has 1 amide bonds. The second-order valence-electron chi connectivity index (χ2n) is 4.29. The SMILES string of the molecule is CCOc1ccc([C@H](C)NC(=O)c2cnccn2)cc1. The Morgan fingerprint density at radius 3 is 2.65 bits per heavy atom. The lowest BCUT2D eigenvalue weighted by atomic mass is 10.1. The van der Waals surface area contributed by atoms with Crippen LogP contribution in [0.15, 0.2) is 42.9 Å². The number of aromatic nitrogens is 2. The number of amides is 1. The van der Waals surface area contributed by atoms with Crippen LogP contribution in [-0.2, 0) is 0 Å². The highest BCUT2D eigenvalue weighted by Gasteiger charge is 2.12. The molecule has 1 atom stereocenters. The van der Waals surface area contributed by atoms with Crippen molar-refractivity contribution < 1.29 is 9.53 Å². The molecule has 1 heterocycles. The molecule has 5 heteroatoms. The summed E-state index contributed by atoms with van der Waals surface area (Å²) in [4.78, 5) is 19.8. The van der Waals surface area contributed by atoms with Gasteiger partial charge in [0, 0.05) is 12.4 Å². The van der Waals surface area contributed by atoms with Gasteiger partial charge in [0.2, 0.25) is 0 Å². The monoisotopic (exact) mass is 271 g/mol. The zero-order valence-electron chi connectivity index (χ0n) is 11.5. The molecule has 2 rings (SSSR count). The maximum absolute atomic E-state index is 12.0. The van der Waals surface area contributed by atoms with E-state index in [2.05, 4.69) is 15.3 Å². The van der Waals surface area contributed by atoms with Gasteiger partial charge in [-0.2, -0.15) is 0 Å². The smallest absolute Gasteiger partial charge is 0.271 e. The van der Waals surface area contributed by atoms with Crippen LogP contribution in [-0.4, -0.2) is 22.5 Å². The summed E-state index contributed by atoms with van der Waals surface area (Å²) in [6.45, 7) is 4.50. The van der Waals surface area contributed by atoms with E-state index >= 15 is 0 Å². The van der Waals surface area contributed by atoms with Crippen LogP contribution in [0.1, 0.15) is 35.9 Å². The van der Waals surface area contributed by atoms with Crippen LogP contribution in [0, 0.1) is 0 Å². The number of carbonyl (C=O) groups excluding carboxylic acids is 1. The van der Waals surface area contributed by atoms with Gasteiger partial charge in [0.15, 0.2) is 0 Å². The summed E-state index contributed by atoms with van der Waals surface area (Å²) in [5.41, 5.74) is 1.32. The van der Waals surface area contributed by atoms with Crippen molar-refractivity contribution in [2.75, 3.05) is 6.61 Å². The number of rotatable bonds is 5. The molecule has 2 aromatic rings. The average Bonchev–Trinajstić information content (AvgIpc) is 2.49. The van der Waals surface area contributed by atoms with E-state index in [1.54, 1.807) is 0 Å². The third-order valence-electron chi connectivity index (χ3n) is 2.83. The van der Waals surface area contributed by atoms with Gasteiger partial charge in [-0.3, -0.25) is 9.78 Å². The highest BCUT2D eigenvalue weighted by Crippen LogP contribution is 2.17. The van der Waals surface area contributed by atoms with Crippen LogP contribution < -0.4 is 10.1 Å². The standard InChI is InChI=1S/C15H17N3O2/c1-3-20-13-6-4-12(5-7-13)11(2)18-15(19)14-10-16-8-9-17-14/h4-11H,3H2,1-2H3,(H,18,19)/t11-/m0/s1. The zero-order valence-corrected chi connectivity index (χ0v) is 11.5. The Bertz CT molecular complexity index is 555. The predicted molar refractivity (Wildman–Crippen MR) is 75.5 cm³/mol. The summed E-state index contributed by atoms with van der Waals surface area (Å²) in [7, 11) is 0. The number of nitrogens with zero attached hydrogens (tertiary/aromatic N) is 2. The number of nitrogens with one attached hydrogen (secondary N) is 1. The number of benzene rings is 1. The van der Waals surface area contributed by atoms with Gasteiger partial charge in [-0.1, -0.05) is 12.1 Å². The van der Waals surface area contributed by atoms with E-state index in [0.29, 0.717) is 12.3 Å². The van der Waals surface area contributed by atoms with Crippen LogP contribution in [0.2, 0.25) is 0 Å². The molecule has 104 valence electrons. The first-order valence-electron chi connectivity index (χ1n) is 6.50. The second-order valence-corrected chi connectivity index (χ2v) is 4.29. The van der Waals surface area contributed by atoms with Crippen LogP contribution in [0.4, 0.5) is 0 Å². The maximum atomic E-state index is 12.0. The molecule has 0 spiro atoms. The normalized spacial score (nSPS) is 11.7. The fourth-order valence-electron chi connectivity index (χ4n) is 1.79. The molecule has 0 radical (unpaired) electrons. The van der Waals surface area contributed by atoms with Gasteiger partial charge in [0.05, 0.1) is 18.8 Å². The first-order valence-corrected chi connectivity index (χ1v) is 6.50. The predicted octanol–water partition coefficient (Wildman–Crippen LogP) is 2.37. The Morgan fingerprint density at radius 1 is 1.30 bits per heavy atom. The van der Waals surface area contributed by atoms with Crippen LogP contribution in [0.25, 0.3) is 0 Å². The van der Waals surface area contributed by atoms with Gasteiger partial charge in [-0.25, -0.2) is 4.98 Å². The van der Waals surface area contributed by atoms with E-state index in [4.69, 9.17) is 4.74 Å². The van der Waals surface area contributed by atoms with Crippen LogP contribution >= 0.6 is 0 Å². The number of hydrogen-bond donors (Lipinski definition) is 1. The van der Waals surface area contributed by atoms with Crippen molar-refractivity contribution in [3.63, 3.8) is 0 Å². The van der Waals surface area contributed by atoms with Crippen LogP contribution in [0.3, 0.4) is 0 Å². The highest BCUT2D eigenvalue weighted by atomic mass is 16.5. The van der Waals surface area contributed by atoms with E-state index in [0.717, 1.165) is 11.3 Å². The quantitative estimate of drug-likeness (QED) is 0.906. The Hall–Kier alpha value is -2.43. The highest BCUT2D eigenvalue weighted by molar-refractivity contribution is 5.92. The van der Waals surface area contributed by atoms with E-state index in [9.17, 15) is 4.79 Å². The number of hydrogen-bond acceptors (Lipinski definition) is 4. The molecule has 0 bridgehead atoms. The lowest BCUT2D eigenvalue weighted by Crippen LogP contribution is -2.27. The minimum atomic E-state index is -0.237. The fourth-order valence-corrected chi connectivity index (χ4v) is 1.79. The Labute approximate surface area is 118 Å². The molecule has 1 aromatic carbocycles. The van der Waals surface area contributed by atoms with E-state index in [-0.39, 0.29) is 11.9 Å². The first-order chi connectivity index (χ1) is 9.70. The van der Waals surface area contributed by atoms with Gasteiger partial charge in [-0.05, 0) is 31.5 Å². The largest absolute Gasteiger partial charge is 0.494 e. The topological polar surface area (TPSA) is 64.1 Å². The molecule has 0 saturated heterocycles. The molecular formula is C15H17N3O2. The Morgan fingerprint density at radius 2 is 2.05 bits per heavy atom. The van der Waals surface area contributed by atoms with E-state index in [1.165, 1.54) is 18.6 Å². The second kappa shape index (κ2) is 6.65. The van der Waals surface area contributed by atoms with E-state index < -0.39 is 0 Å². The Kier molecular flexibility index (Phi) is 4.65. The average molecular weight is 271 g/mol. The van der Waals surface area contributed by atoms with Gasteiger partial charge in [0.25, 0.3) is 5.91 Å². The van der Waals surface area contributed by atoms with Gasteiger partial charge >= 0.3 is 0 Å². The Balaban J connectivity index is 2.01. The summed E-state index contributed by atoms with van der Waals surface area (Å²) < 4.78 is 5.39. The van der Waals surface area contributed by atoms with E-state index in [1.807, 2.05) is 38.1 Å². The minimum absolute atomic E-state index is 0.111. The van der Waals surface area contributed by atoms with Crippen molar-refractivity contribution in [3.8, 4) is 5.75 Å². The molecule has 0 aliphatic heterocycles. The lowest BCUT2D eigenvalue weighted by molar-refractivity contribution is 0.0934.